The van der Waals surface area contributed by atoms with Crippen molar-refractivity contribution in [2.24, 2.45) is 5.41 Å². The first-order valence-electron chi connectivity index (χ1n) is 7.01. The molecule has 1 aliphatic carbocycles. The zero-order valence-electron chi connectivity index (χ0n) is 12.4. The van der Waals surface area contributed by atoms with E-state index in [4.69, 9.17) is 4.74 Å². The first-order chi connectivity index (χ1) is 9.01. The van der Waals surface area contributed by atoms with E-state index in [1.54, 1.807) is 7.11 Å². The molecule has 0 aliphatic heterocycles. The molecule has 3 nitrogen and oxygen atoms in total. The molecule has 2 rings (SSSR count). The molecule has 0 heterocycles. The molecule has 0 spiro atoms. The average molecular weight is 263 g/mol. The van der Waals surface area contributed by atoms with E-state index in [2.05, 4.69) is 37.9 Å². The van der Waals surface area contributed by atoms with Gasteiger partial charge in [-0.2, -0.15) is 0 Å². The molecular formula is C16H25NO2. The SMILES string of the molecule is COc1ccc(N(C)CC2(CO)CC2)cc1C(C)C. The average Bonchev–Trinajstić information content (AvgIpc) is 3.18. The Labute approximate surface area is 116 Å². The van der Waals surface area contributed by atoms with Gasteiger partial charge in [-0.15, -0.1) is 0 Å². The van der Waals surface area contributed by atoms with Gasteiger partial charge in [0, 0.05) is 24.7 Å². The maximum absolute atomic E-state index is 9.43. The van der Waals surface area contributed by atoms with Crippen LogP contribution in [-0.2, 0) is 0 Å². The van der Waals surface area contributed by atoms with Crippen LogP contribution in [0.3, 0.4) is 0 Å². The maximum atomic E-state index is 9.43. The minimum atomic E-state index is 0.146. The molecule has 1 aromatic carbocycles. The van der Waals surface area contributed by atoms with Crippen LogP contribution >= 0.6 is 0 Å². The van der Waals surface area contributed by atoms with Crippen LogP contribution in [0.15, 0.2) is 18.2 Å². The predicted molar refractivity (Wildman–Crippen MR) is 79.1 cm³/mol. The van der Waals surface area contributed by atoms with Crippen molar-refractivity contribution in [3.05, 3.63) is 23.8 Å². The highest BCUT2D eigenvalue weighted by Gasteiger charge is 2.42. The number of nitrogens with zero attached hydrogens (tertiary/aromatic N) is 1. The molecule has 0 saturated heterocycles. The molecular weight excluding hydrogens is 238 g/mol. The van der Waals surface area contributed by atoms with Gasteiger partial charge in [0.2, 0.25) is 0 Å². The third kappa shape index (κ3) is 3.03. The Kier molecular flexibility index (Phi) is 4.04. The van der Waals surface area contributed by atoms with E-state index in [9.17, 15) is 5.11 Å². The Morgan fingerprint density at radius 1 is 1.37 bits per heavy atom. The standard InChI is InChI=1S/C16H25NO2/c1-12(2)14-9-13(5-6-15(14)19-4)17(3)10-16(11-18)7-8-16/h5-6,9,12,18H,7-8,10-11H2,1-4H3. The summed E-state index contributed by atoms with van der Waals surface area (Å²) in [6.45, 7) is 5.58. The van der Waals surface area contributed by atoms with Crippen molar-refractivity contribution in [3.63, 3.8) is 0 Å². The summed E-state index contributed by atoms with van der Waals surface area (Å²) in [7, 11) is 3.82. The van der Waals surface area contributed by atoms with Gasteiger partial charge < -0.3 is 14.7 Å². The Balaban J connectivity index is 2.18. The smallest absolute Gasteiger partial charge is 0.122 e. The van der Waals surface area contributed by atoms with Gasteiger partial charge in [-0.25, -0.2) is 0 Å². The quantitative estimate of drug-likeness (QED) is 0.856. The summed E-state index contributed by atoms with van der Waals surface area (Å²) in [4.78, 5) is 2.24. The van der Waals surface area contributed by atoms with E-state index >= 15 is 0 Å². The highest BCUT2D eigenvalue weighted by atomic mass is 16.5. The fourth-order valence-corrected chi connectivity index (χ4v) is 2.55. The summed E-state index contributed by atoms with van der Waals surface area (Å²) >= 11 is 0. The Bertz CT molecular complexity index is 438. The molecule has 0 amide bonds. The van der Waals surface area contributed by atoms with E-state index in [1.165, 1.54) is 11.3 Å². The first kappa shape index (κ1) is 14.2. The van der Waals surface area contributed by atoms with Crippen LogP contribution in [0, 0.1) is 5.41 Å². The number of hydrogen-bond donors (Lipinski definition) is 1. The number of hydrogen-bond acceptors (Lipinski definition) is 3. The lowest BCUT2D eigenvalue weighted by molar-refractivity contribution is 0.215. The molecule has 1 aliphatic rings. The number of aliphatic hydroxyl groups excluding tert-OH is 1. The van der Waals surface area contributed by atoms with Crippen molar-refractivity contribution in [3.8, 4) is 5.75 Å². The number of aliphatic hydroxyl groups is 1. The minimum Gasteiger partial charge on any atom is -0.496 e. The number of rotatable bonds is 6. The van der Waals surface area contributed by atoms with Crippen molar-refractivity contribution < 1.29 is 9.84 Å². The fourth-order valence-electron chi connectivity index (χ4n) is 2.55. The molecule has 0 radical (unpaired) electrons. The van der Waals surface area contributed by atoms with E-state index in [1.807, 2.05) is 6.07 Å². The van der Waals surface area contributed by atoms with Crippen LogP contribution in [0.1, 0.15) is 38.2 Å². The lowest BCUT2D eigenvalue weighted by Gasteiger charge is -2.26. The summed E-state index contributed by atoms with van der Waals surface area (Å²) in [6.07, 6.45) is 2.28. The lowest BCUT2D eigenvalue weighted by atomic mass is 10.0. The van der Waals surface area contributed by atoms with Crippen molar-refractivity contribution >= 4 is 5.69 Å². The number of methoxy groups -OCH3 is 1. The van der Waals surface area contributed by atoms with Crippen LogP contribution in [0.25, 0.3) is 0 Å². The highest BCUT2D eigenvalue weighted by Crippen LogP contribution is 2.46. The summed E-state index contributed by atoms with van der Waals surface area (Å²) in [5.41, 5.74) is 2.58. The fraction of sp³-hybridized carbons (Fsp3) is 0.625. The zero-order chi connectivity index (χ0) is 14.0. The monoisotopic (exact) mass is 263 g/mol. The van der Waals surface area contributed by atoms with Gasteiger partial charge in [0.1, 0.15) is 5.75 Å². The molecule has 106 valence electrons. The van der Waals surface area contributed by atoms with Crippen molar-refractivity contribution in [2.75, 3.05) is 32.2 Å². The predicted octanol–water partition coefficient (Wildman–Crippen LogP) is 3.03. The molecule has 0 aromatic heterocycles. The number of benzene rings is 1. The van der Waals surface area contributed by atoms with Crippen LogP contribution in [-0.4, -0.2) is 32.4 Å². The van der Waals surface area contributed by atoms with Crippen LogP contribution in [0.5, 0.6) is 5.75 Å². The third-order valence-electron chi connectivity index (χ3n) is 4.14. The topological polar surface area (TPSA) is 32.7 Å². The Morgan fingerprint density at radius 2 is 2.05 bits per heavy atom. The van der Waals surface area contributed by atoms with Gasteiger partial charge >= 0.3 is 0 Å². The van der Waals surface area contributed by atoms with E-state index in [-0.39, 0.29) is 5.41 Å². The molecule has 1 fully saturated rings. The number of anilines is 1. The maximum Gasteiger partial charge on any atom is 0.122 e. The summed E-state index contributed by atoms with van der Waals surface area (Å²) in [5, 5.41) is 9.43. The van der Waals surface area contributed by atoms with Gasteiger partial charge in [-0.3, -0.25) is 0 Å². The molecule has 0 bridgehead atoms. The highest BCUT2D eigenvalue weighted by molar-refractivity contribution is 5.54. The van der Waals surface area contributed by atoms with Crippen LogP contribution < -0.4 is 9.64 Å². The summed E-state index contributed by atoms with van der Waals surface area (Å²) in [6, 6.07) is 6.34. The molecule has 0 atom stereocenters. The Morgan fingerprint density at radius 3 is 2.53 bits per heavy atom. The molecule has 1 N–H and O–H groups in total. The van der Waals surface area contributed by atoms with Gasteiger partial charge in [0.15, 0.2) is 0 Å². The molecule has 19 heavy (non-hydrogen) atoms. The van der Waals surface area contributed by atoms with Gasteiger partial charge in [0.25, 0.3) is 0 Å². The minimum absolute atomic E-state index is 0.146. The van der Waals surface area contributed by atoms with Gasteiger partial charge in [-0.1, -0.05) is 13.8 Å². The molecule has 3 heteroatoms. The summed E-state index contributed by atoms with van der Waals surface area (Å²) < 4.78 is 5.42. The van der Waals surface area contributed by atoms with Crippen LogP contribution in [0.4, 0.5) is 5.69 Å². The van der Waals surface area contributed by atoms with Crippen molar-refractivity contribution in [2.45, 2.75) is 32.6 Å². The summed E-state index contributed by atoms with van der Waals surface area (Å²) in [5.74, 6) is 1.39. The van der Waals surface area contributed by atoms with Gasteiger partial charge in [-0.05, 0) is 42.5 Å². The third-order valence-corrected chi connectivity index (χ3v) is 4.14. The second-order valence-corrected chi connectivity index (χ2v) is 6.10. The van der Waals surface area contributed by atoms with E-state index < -0.39 is 0 Å². The normalized spacial score (nSPS) is 16.5. The molecule has 0 unspecified atom stereocenters. The Hall–Kier alpha value is -1.22. The van der Waals surface area contributed by atoms with Crippen LogP contribution in [0.2, 0.25) is 0 Å². The second kappa shape index (κ2) is 5.41. The molecule has 1 aromatic rings. The largest absolute Gasteiger partial charge is 0.496 e. The number of ether oxygens (including phenoxy) is 1. The van der Waals surface area contributed by atoms with E-state index in [0.29, 0.717) is 12.5 Å². The van der Waals surface area contributed by atoms with E-state index in [0.717, 1.165) is 25.1 Å². The zero-order valence-corrected chi connectivity index (χ0v) is 12.4. The van der Waals surface area contributed by atoms with Crippen molar-refractivity contribution in [1.29, 1.82) is 0 Å². The first-order valence-corrected chi connectivity index (χ1v) is 7.01. The van der Waals surface area contributed by atoms with Crippen molar-refractivity contribution in [1.82, 2.24) is 0 Å². The second-order valence-electron chi connectivity index (χ2n) is 6.10. The lowest BCUT2D eigenvalue weighted by Crippen LogP contribution is -2.28. The molecule has 1 saturated carbocycles. The van der Waals surface area contributed by atoms with Gasteiger partial charge in [0.05, 0.1) is 13.7 Å².